The van der Waals surface area contributed by atoms with Crippen LogP contribution in [0, 0.1) is 17.8 Å². The van der Waals surface area contributed by atoms with Gasteiger partial charge in [0.1, 0.15) is 0 Å². The molecule has 1 aromatic carbocycles. The van der Waals surface area contributed by atoms with Crippen LogP contribution in [-0.2, 0) is 0 Å². The molecular formula is C24H32N2O2S. The van der Waals surface area contributed by atoms with Crippen LogP contribution in [0.4, 0.5) is 4.79 Å². The third-order valence-corrected chi connectivity index (χ3v) is 9.76. The SMILES string of the molecule is O=C(NC1C2CC3CC1CC(O)(C3)C2)N1[C@@H]2CC[C@H]1C[C@@H](Sc1ccccc1)C2. The Morgan fingerprint density at radius 1 is 1.00 bits per heavy atom. The molecule has 2 unspecified atom stereocenters. The van der Waals surface area contributed by atoms with E-state index in [0.717, 1.165) is 44.9 Å². The van der Waals surface area contributed by atoms with Crippen molar-refractivity contribution < 1.29 is 9.90 Å². The topological polar surface area (TPSA) is 52.6 Å². The summed E-state index contributed by atoms with van der Waals surface area (Å²) in [6.07, 6.45) is 9.73. The number of carbonyl (C=O) groups is 1. The highest BCUT2D eigenvalue weighted by Crippen LogP contribution is 2.55. The molecule has 4 saturated carbocycles. The Kier molecular flexibility index (Phi) is 4.42. The molecular weight excluding hydrogens is 380 g/mol. The third kappa shape index (κ3) is 3.29. The van der Waals surface area contributed by atoms with Crippen molar-refractivity contribution in [1.82, 2.24) is 10.2 Å². The maximum Gasteiger partial charge on any atom is 0.318 e. The molecule has 6 fully saturated rings. The molecule has 1 aromatic rings. The van der Waals surface area contributed by atoms with Crippen LogP contribution >= 0.6 is 11.8 Å². The van der Waals surface area contributed by atoms with Crippen molar-refractivity contribution in [3.8, 4) is 0 Å². The maximum atomic E-state index is 13.3. The summed E-state index contributed by atoms with van der Waals surface area (Å²) in [5.74, 6) is 1.66. The van der Waals surface area contributed by atoms with Gasteiger partial charge in [-0.1, -0.05) is 18.2 Å². The Hall–Kier alpha value is -1.20. The first-order valence-electron chi connectivity index (χ1n) is 11.6. The lowest BCUT2D eigenvalue weighted by Gasteiger charge is -2.58. The van der Waals surface area contributed by atoms with Gasteiger partial charge in [0, 0.05) is 28.3 Å². The number of aliphatic hydroxyl groups is 1. The Bertz CT molecular complexity index is 756. The van der Waals surface area contributed by atoms with Crippen molar-refractivity contribution in [3.05, 3.63) is 30.3 Å². The summed E-state index contributed by atoms with van der Waals surface area (Å²) >= 11 is 1.99. The second kappa shape index (κ2) is 6.91. The van der Waals surface area contributed by atoms with E-state index in [9.17, 15) is 9.90 Å². The molecule has 5 heteroatoms. The molecule has 2 N–H and O–H groups in total. The fraction of sp³-hybridized carbons (Fsp3) is 0.708. The maximum absolute atomic E-state index is 13.3. The van der Waals surface area contributed by atoms with E-state index in [4.69, 9.17) is 0 Å². The molecule has 2 amide bonds. The molecule has 2 aliphatic heterocycles. The first-order chi connectivity index (χ1) is 14.1. The first kappa shape index (κ1) is 18.6. The highest BCUT2D eigenvalue weighted by Gasteiger charge is 2.55. The third-order valence-electron chi connectivity index (χ3n) is 8.50. The molecule has 156 valence electrons. The lowest BCUT2D eigenvalue weighted by molar-refractivity contribution is -0.137. The van der Waals surface area contributed by atoms with Crippen molar-refractivity contribution >= 4 is 17.8 Å². The Labute approximate surface area is 177 Å². The fourth-order valence-electron chi connectivity index (χ4n) is 7.68. The lowest BCUT2D eigenvalue weighted by Crippen LogP contribution is -2.63. The van der Waals surface area contributed by atoms with Crippen LogP contribution in [0.3, 0.4) is 0 Å². The predicted octanol–water partition coefficient (Wildman–Crippen LogP) is 4.42. The standard InChI is InChI=1S/C24H32N2O2S/c27-23(25-22-16-8-15-9-17(22)14-24(28,12-15)13-16)26-18-6-7-19(26)11-21(10-18)29-20-4-2-1-3-5-20/h1-5,15-19,21-22,28H,6-14H2,(H,25,27)/t15?,16?,17?,18-,19+,21+,22?,24?. The quantitative estimate of drug-likeness (QED) is 0.773. The number of rotatable bonds is 3. The number of hydrogen-bond acceptors (Lipinski definition) is 3. The van der Waals surface area contributed by atoms with Crippen LogP contribution < -0.4 is 5.32 Å². The number of fused-ring (bicyclic) bond motifs is 2. The number of piperidine rings is 1. The number of amides is 2. The van der Waals surface area contributed by atoms with E-state index < -0.39 is 5.60 Å². The van der Waals surface area contributed by atoms with Crippen molar-refractivity contribution in [2.75, 3.05) is 0 Å². The number of benzene rings is 1. The molecule has 0 radical (unpaired) electrons. The number of urea groups is 1. The largest absolute Gasteiger partial charge is 0.390 e. The van der Waals surface area contributed by atoms with Gasteiger partial charge in [-0.05, 0) is 87.7 Å². The predicted molar refractivity (Wildman–Crippen MR) is 115 cm³/mol. The minimum atomic E-state index is -0.427. The van der Waals surface area contributed by atoms with Gasteiger partial charge in [-0.2, -0.15) is 0 Å². The second-order valence-electron chi connectivity index (χ2n) is 10.5. The van der Waals surface area contributed by atoms with Gasteiger partial charge in [-0.3, -0.25) is 0 Å². The van der Waals surface area contributed by atoms with E-state index in [1.165, 1.54) is 17.7 Å². The fourth-order valence-corrected chi connectivity index (χ4v) is 9.02. The van der Waals surface area contributed by atoms with Gasteiger partial charge in [-0.25, -0.2) is 4.79 Å². The minimum Gasteiger partial charge on any atom is -0.390 e. The van der Waals surface area contributed by atoms with Gasteiger partial charge in [0.05, 0.1) is 5.60 Å². The minimum absolute atomic E-state index is 0.185. The van der Waals surface area contributed by atoms with Gasteiger partial charge in [0.2, 0.25) is 0 Å². The van der Waals surface area contributed by atoms with Crippen LogP contribution in [0.1, 0.15) is 57.8 Å². The summed E-state index contributed by atoms with van der Waals surface area (Å²) in [6, 6.07) is 12.0. The molecule has 29 heavy (non-hydrogen) atoms. The molecule has 6 aliphatic rings. The van der Waals surface area contributed by atoms with E-state index in [1.54, 1.807) is 0 Å². The van der Waals surface area contributed by atoms with Crippen LogP contribution in [0.2, 0.25) is 0 Å². The number of carbonyl (C=O) groups excluding carboxylic acids is 1. The van der Waals surface area contributed by atoms with Crippen molar-refractivity contribution in [3.63, 3.8) is 0 Å². The summed E-state index contributed by atoms with van der Waals surface area (Å²) < 4.78 is 0. The van der Waals surface area contributed by atoms with Crippen molar-refractivity contribution in [1.29, 1.82) is 0 Å². The van der Waals surface area contributed by atoms with E-state index in [2.05, 4.69) is 40.5 Å². The van der Waals surface area contributed by atoms with E-state index in [0.29, 0.717) is 35.1 Å². The molecule has 2 saturated heterocycles. The van der Waals surface area contributed by atoms with Gasteiger partial charge < -0.3 is 15.3 Å². The first-order valence-corrected chi connectivity index (χ1v) is 12.5. The van der Waals surface area contributed by atoms with Gasteiger partial charge in [0.15, 0.2) is 0 Å². The highest BCUT2D eigenvalue weighted by atomic mass is 32.2. The molecule has 0 aromatic heterocycles. The summed E-state index contributed by atoms with van der Waals surface area (Å²) in [7, 11) is 0. The lowest BCUT2D eigenvalue weighted by atomic mass is 9.52. The Morgan fingerprint density at radius 3 is 2.28 bits per heavy atom. The molecule has 4 nitrogen and oxygen atoms in total. The zero-order valence-electron chi connectivity index (χ0n) is 17.0. The van der Waals surface area contributed by atoms with E-state index in [-0.39, 0.29) is 12.1 Å². The normalized spacial score (nSPS) is 44.9. The smallest absolute Gasteiger partial charge is 0.318 e. The molecule has 4 aliphatic carbocycles. The number of hydrogen-bond donors (Lipinski definition) is 2. The van der Waals surface area contributed by atoms with Gasteiger partial charge >= 0.3 is 6.03 Å². The summed E-state index contributed by atoms with van der Waals surface area (Å²) in [4.78, 5) is 16.9. The summed E-state index contributed by atoms with van der Waals surface area (Å²) in [5, 5.41) is 14.9. The number of nitrogens with zero attached hydrogens (tertiary/aromatic N) is 1. The Morgan fingerprint density at radius 2 is 1.66 bits per heavy atom. The van der Waals surface area contributed by atoms with Gasteiger partial charge in [-0.15, -0.1) is 11.8 Å². The van der Waals surface area contributed by atoms with Crippen LogP contribution in [0.15, 0.2) is 35.2 Å². The molecule has 7 rings (SSSR count). The second-order valence-corrected chi connectivity index (χ2v) is 11.9. The average molecular weight is 413 g/mol. The molecule has 5 atom stereocenters. The van der Waals surface area contributed by atoms with Crippen LogP contribution in [-0.4, -0.2) is 45.0 Å². The molecule has 0 spiro atoms. The van der Waals surface area contributed by atoms with E-state index >= 15 is 0 Å². The highest BCUT2D eigenvalue weighted by molar-refractivity contribution is 8.00. The number of nitrogens with one attached hydrogen (secondary N) is 1. The van der Waals surface area contributed by atoms with Crippen molar-refractivity contribution in [2.24, 2.45) is 17.8 Å². The van der Waals surface area contributed by atoms with E-state index in [1.807, 2.05) is 11.8 Å². The monoisotopic (exact) mass is 412 g/mol. The number of thioether (sulfide) groups is 1. The Balaban J connectivity index is 1.11. The average Bonchev–Trinajstić information content (AvgIpc) is 2.95. The zero-order valence-corrected chi connectivity index (χ0v) is 17.8. The van der Waals surface area contributed by atoms with Crippen molar-refractivity contribution in [2.45, 2.75) is 91.7 Å². The molecule has 6 bridgehead atoms. The zero-order chi connectivity index (χ0) is 19.6. The van der Waals surface area contributed by atoms with Crippen LogP contribution in [0.25, 0.3) is 0 Å². The summed E-state index contributed by atoms with van der Waals surface area (Å²) in [6.45, 7) is 0. The summed E-state index contributed by atoms with van der Waals surface area (Å²) in [5.41, 5.74) is -0.427. The van der Waals surface area contributed by atoms with Gasteiger partial charge in [0.25, 0.3) is 0 Å². The van der Waals surface area contributed by atoms with Crippen LogP contribution in [0.5, 0.6) is 0 Å². The molecule has 2 heterocycles.